The van der Waals surface area contributed by atoms with Crippen LogP contribution in [0, 0.1) is 10.1 Å². The second kappa shape index (κ2) is 7.16. The van der Waals surface area contributed by atoms with E-state index >= 15 is 0 Å². The molecule has 1 aliphatic heterocycles. The smallest absolute Gasteiger partial charge is 0.282 e. The van der Waals surface area contributed by atoms with Crippen LogP contribution < -0.4 is 4.74 Å². The second-order valence-electron chi connectivity index (χ2n) is 6.26. The van der Waals surface area contributed by atoms with Crippen molar-refractivity contribution in [1.29, 1.82) is 0 Å². The maximum absolute atomic E-state index is 12.9. The number of hydrogen-bond acceptors (Lipinski definition) is 6. The molecule has 3 aromatic carbocycles. The van der Waals surface area contributed by atoms with E-state index in [2.05, 4.69) is 5.10 Å². The Morgan fingerprint density at radius 3 is 2.48 bits per heavy atom. The van der Waals surface area contributed by atoms with Crippen LogP contribution in [0.15, 0.2) is 59.7 Å². The molecular formula is C21H15N3O5. The summed E-state index contributed by atoms with van der Waals surface area (Å²) in [6.45, 7) is 2.31. The lowest BCUT2D eigenvalue weighted by atomic mass is 9.94. The van der Waals surface area contributed by atoms with Gasteiger partial charge in [0.25, 0.3) is 17.5 Å². The first-order valence-corrected chi connectivity index (χ1v) is 8.87. The summed E-state index contributed by atoms with van der Waals surface area (Å²) in [5.41, 5.74) is 0.837. The molecule has 0 bridgehead atoms. The lowest BCUT2D eigenvalue weighted by Gasteiger charge is -2.23. The molecule has 0 unspecified atom stereocenters. The molecule has 3 aromatic rings. The van der Waals surface area contributed by atoms with Gasteiger partial charge >= 0.3 is 0 Å². The molecule has 0 saturated heterocycles. The number of para-hydroxylation sites is 1. The number of hydrogen-bond donors (Lipinski definition) is 0. The molecule has 0 N–H and O–H groups in total. The lowest BCUT2D eigenvalue weighted by Crippen LogP contribution is -2.36. The lowest BCUT2D eigenvalue weighted by molar-refractivity contribution is -0.383. The summed E-state index contributed by atoms with van der Waals surface area (Å²) in [6.07, 6.45) is 1.39. The van der Waals surface area contributed by atoms with Crippen LogP contribution in [-0.4, -0.2) is 34.6 Å². The van der Waals surface area contributed by atoms with E-state index in [4.69, 9.17) is 4.74 Å². The van der Waals surface area contributed by atoms with Gasteiger partial charge in [-0.15, -0.1) is 0 Å². The number of carbonyl (C=O) groups is 2. The van der Waals surface area contributed by atoms with Crippen molar-refractivity contribution in [3.8, 4) is 5.75 Å². The summed E-state index contributed by atoms with van der Waals surface area (Å²) < 4.78 is 5.53. The van der Waals surface area contributed by atoms with E-state index in [1.807, 2.05) is 13.0 Å². The molecule has 0 spiro atoms. The summed E-state index contributed by atoms with van der Waals surface area (Å²) >= 11 is 0. The summed E-state index contributed by atoms with van der Waals surface area (Å²) in [7, 11) is 0. The van der Waals surface area contributed by atoms with Crippen LogP contribution in [0.2, 0.25) is 0 Å². The van der Waals surface area contributed by atoms with Crippen LogP contribution in [-0.2, 0) is 0 Å². The highest BCUT2D eigenvalue weighted by Crippen LogP contribution is 2.35. The van der Waals surface area contributed by atoms with Crippen molar-refractivity contribution in [2.75, 3.05) is 6.61 Å². The predicted molar refractivity (Wildman–Crippen MR) is 106 cm³/mol. The van der Waals surface area contributed by atoms with Gasteiger partial charge < -0.3 is 4.74 Å². The summed E-state index contributed by atoms with van der Waals surface area (Å²) in [6, 6.07) is 14.3. The molecular weight excluding hydrogens is 374 g/mol. The molecule has 8 heteroatoms. The second-order valence-corrected chi connectivity index (χ2v) is 6.26. The Morgan fingerprint density at radius 1 is 1.03 bits per heavy atom. The number of nitro groups is 1. The minimum absolute atomic E-state index is 0.159. The van der Waals surface area contributed by atoms with Gasteiger partial charge in [-0.1, -0.05) is 18.2 Å². The monoisotopic (exact) mass is 389 g/mol. The number of benzene rings is 3. The third-order valence-electron chi connectivity index (χ3n) is 4.59. The van der Waals surface area contributed by atoms with E-state index in [1.54, 1.807) is 24.3 Å². The van der Waals surface area contributed by atoms with Gasteiger partial charge in [0, 0.05) is 17.0 Å². The fraction of sp³-hybridized carbons (Fsp3) is 0.0952. The van der Waals surface area contributed by atoms with Gasteiger partial charge in [-0.3, -0.25) is 19.7 Å². The Morgan fingerprint density at radius 2 is 1.76 bits per heavy atom. The number of amides is 2. The summed E-state index contributed by atoms with van der Waals surface area (Å²) in [4.78, 5) is 36.6. The van der Waals surface area contributed by atoms with Gasteiger partial charge in [0.2, 0.25) is 0 Å². The van der Waals surface area contributed by atoms with Crippen LogP contribution in [0.5, 0.6) is 5.75 Å². The van der Waals surface area contributed by atoms with Crippen LogP contribution in [0.3, 0.4) is 0 Å². The molecule has 0 radical (unpaired) electrons. The highest BCUT2D eigenvalue weighted by atomic mass is 16.6. The molecule has 0 aliphatic carbocycles. The molecule has 4 rings (SSSR count). The summed E-state index contributed by atoms with van der Waals surface area (Å²) in [5.74, 6) is -0.703. The maximum atomic E-state index is 12.9. The van der Waals surface area contributed by atoms with Crippen molar-refractivity contribution >= 4 is 34.5 Å². The molecule has 0 aromatic heterocycles. The number of nitro benzene ring substituents is 1. The highest BCUT2D eigenvalue weighted by molar-refractivity contribution is 6.26. The molecule has 8 nitrogen and oxygen atoms in total. The topological polar surface area (TPSA) is 102 Å². The summed E-state index contributed by atoms with van der Waals surface area (Å²) in [5, 5.41) is 16.7. The molecule has 1 heterocycles. The van der Waals surface area contributed by atoms with Crippen molar-refractivity contribution < 1.29 is 19.2 Å². The van der Waals surface area contributed by atoms with Crippen LogP contribution in [0.25, 0.3) is 10.8 Å². The zero-order chi connectivity index (χ0) is 20.5. The average Bonchev–Trinajstić information content (AvgIpc) is 2.72. The highest BCUT2D eigenvalue weighted by Gasteiger charge is 2.34. The van der Waals surface area contributed by atoms with Crippen molar-refractivity contribution in [2.24, 2.45) is 5.10 Å². The number of nitrogens with zero attached hydrogens (tertiary/aromatic N) is 3. The van der Waals surface area contributed by atoms with Gasteiger partial charge in [-0.05, 0) is 37.3 Å². The first-order chi connectivity index (χ1) is 14.0. The normalized spacial score (nSPS) is 13.3. The van der Waals surface area contributed by atoms with Gasteiger partial charge in [-0.2, -0.15) is 10.1 Å². The van der Waals surface area contributed by atoms with E-state index in [0.29, 0.717) is 17.9 Å². The van der Waals surface area contributed by atoms with Crippen molar-refractivity contribution in [1.82, 2.24) is 5.01 Å². The first kappa shape index (κ1) is 18.3. The first-order valence-electron chi connectivity index (χ1n) is 8.87. The SMILES string of the molecule is CCOc1ccccc1C=NN1C(=O)c2cccc3c([N+](=O)[O-])ccc(c23)C1=O. The third-order valence-corrected chi connectivity index (χ3v) is 4.59. The molecule has 0 fully saturated rings. The zero-order valence-electron chi connectivity index (χ0n) is 15.4. The number of ether oxygens (including phenoxy) is 1. The molecule has 0 atom stereocenters. The number of rotatable bonds is 5. The standard InChI is InChI=1S/C21H15N3O5/c1-2-29-18-9-4-3-6-13(18)12-22-23-20(25)15-8-5-7-14-17(24(27)28)11-10-16(19(14)15)21(23)26/h3-12H,2H2,1H3. The minimum atomic E-state index is -0.640. The molecule has 0 saturated carbocycles. The quantitative estimate of drug-likeness (QED) is 0.286. The molecule has 29 heavy (non-hydrogen) atoms. The van der Waals surface area contributed by atoms with Crippen LogP contribution >= 0.6 is 0 Å². The Kier molecular flexibility index (Phi) is 4.52. The van der Waals surface area contributed by atoms with Crippen LogP contribution in [0.4, 0.5) is 5.69 Å². The fourth-order valence-corrected chi connectivity index (χ4v) is 3.33. The maximum Gasteiger partial charge on any atom is 0.282 e. The Labute approximate surface area is 165 Å². The average molecular weight is 389 g/mol. The Bertz CT molecular complexity index is 1180. The van der Waals surface area contributed by atoms with E-state index in [-0.39, 0.29) is 27.6 Å². The zero-order valence-corrected chi connectivity index (χ0v) is 15.4. The number of carbonyl (C=O) groups excluding carboxylic acids is 2. The van der Waals surface area contributed by atoms with E-state index in [1.165, 1.54) is 30.5 Å². The molecule has 1 aliphatic rings. The number of imide groups is 1. The van der Waals surface area contributed by atoms with Gasteiger partial charge in [0.15, 0.2) is 0 Å². The van der Waals surface area contributed by atoms with Crippen molar-refractivity contribution in [3.63, 3.8) is 0 Å². The third kappa shape index (κ3) is 3.00. The molecule has 144 valence electrons. The fourth-order valence-electron chi connectivity index (χ4n) is 3.33. The van der Waals surface area contributed by atoms with Crippen molar-refractivity contribution in [2.45, 2.75) is 6.92 Å². The van der Waals surface area contributed by atoms with E-state index < -0.39 is 16.7 Å². The Hall–Kier alpha value is -4.07. The number of non-ortho nitro benzene ring substituents is 1. The van der Waals surface area contributed by atoms with E-state index in [9.17, 15) is 19.7 Å². The predicted octanol–water partition coefficient (Wildman–Crippen LogP) is 3.78. The van der Waals surface area contributed by atoms with Gasteiger partial charge in [0.1, 0.15) is 5.75 Å². The van der Waals surface area contributed by atoms with E-state index in [0.717, 1.165) is 5.01 Å². The van der Waals surface area contributed by atoms with Gasteiger partial charge in [-0.25, -0.2) is 0 Å². The Balaban J connectivity index is 1.79. The molecule has 2 amide bonds. The van der Waals surface area contributed by atoms with Crippen LogP contribution in [0.1, 0.15) is 33.2 Å². The minimum Gasteiger partial charge on any atom is -0.493 e. The van der Waals surface area contributed by atoms with Gasteiger partial charge in [0.05, 0.1) is 34.3 Å². The van der Waals surface area contributed by atoms with Crippen molar-refractivity contribution in [3.05, 3.63) is 81.4 Å². The number of hydrazone groups is 1. The largest absolute Gasteiger partial charge is 0.493 e.